The molecular formula is C23H26N2O. The largest absolute Gasteiger partial charge is 0.377 e. The highest BCUT2D eigenvalue weighted by Gasteiger charge is 2.39. The van der Waals surface area contributed by atoms with Gasteiger partial charge < -0.3 is 10.6 Å². The van der Waals surface area contributed by atoms with Crippen molar-refractivity contribution in [2.45, 2.75) is 45.2 Å². The summed E-state index contributed by atoms with van der Waals surface area (Å²) in [6.07, 6.45) is 5.68. The Bertz CT molecular complexity index is 868. The molecule has 0 saturated heterocycles. The van der Waals surface area contributed by atoms with Gasteiger partial charge in [0.2, 0.25) is 0 Å². The summed E-state index contributed by atoms with van der Waals surface area (Å²) in [7, 11) is 0. The minimum Gasteiger partial charge on any atom is -0.377 e. The molecular weight excluding hydrogens is 320 g/mol. The molecule has 0 aromatic heterocycles. The van der Waals surface area contributed by atoms with E-state index < -0.39 is 0 Å². The topological polar surface area (TPSA) is 41.1 Å². The third-order valence-electron chi connectivity index (χ3n) is 5.58. The van der Waals surface area contributed by atoms with Crippen molar-refractivity contribution in [1.29, 1.82) is 0 Å². The van der Waals surface area contributed by atoms with E-state index in [1.165, 1.54) is 16.7 Å². The van der Waals surface area contributed by atoms with Crippen molar-refractivity contribution >= 4 is 11.6 Å². The van der Waals surface area contributed by atoms with E-state index >= 15 is 0 Å². The predicted molar refractivity (Wildman–Crippen MR) is 107 cm³/mol. The highest BCUT2D eigenvalue weighted by molar-refractivity contribution is 6.01. The van der Waals surface area contributed by atoms with Gasteiger partial charge in [-0.15, -0.1) is 0 Å². The number of benzene rings is 2. The molecule has 3 unspecified atom stereocenters. The second-order valence-corrected chi connectivity index (χ2v) is 7.73. The fraction of sp³-hybridized carbons (Fsp3) is 0.348. The zero-order chi connectivity index (χ0) is 18.3. The number of carbonyl (C=O) groups is 1. The predicted octanol–water partition coefficient (Wildman–Crippen LogP) is 4.96. The molecule has 2 N–H and O–H groups in total. The van der Waals surface area contributed by atoms with Crippen LogP contribution in [0.5, 0.6) is 0 Å². The highest BCUT2D eigenvalue weighted by Crippen LogP contribution is 2.51. The van der Waals surface area contributed by atoms with Crippen LogP contribution in [0.2, 0.25) is 0 Å². The van der Waals surface area contributed by atoms with Crippen LogP contribution in [0.15, 0.2) is 54.6 Å². The molecule has 1 aliphatic heterocycles. The first-order chi connectivity index (χ1) is 12.6. The Labute approximate surface area is 155 Å². The van der Waals surface area contributed by atoms with Gasteiger partial charge in [-0.25, -0.2) is 0 Å². The van der Waals surface area contributed by atoms with Crippen LogP contribution in [0, 0.1) is 12.8 Å². The molecule has 0 radical (unpaired) electrons. The minimum absolute atomic E-state index is 0.00619. The van der Waals surface area contributed by atoms with Crippen molar-refractivity contribution in [3.8, 4) is 0 Å². The Morgan fingerprint density at radius 3 is 2.65 bits per heavy atom. The van der Waals surface area contributed by atoms with E-state index in [4.69, 9.17) is 0 Å². The van der Waals surface area contributed by atoms with Crippen molar-refractivity contribution in [3.63, 3.8) is 0 Å². The molecule has 26 heavy (non-hydrogen) atoms. The van der Waals surface area contributed by atoms with Crippen LogP contribution >= 0.6 is 0 Å². The SMILES string of the molecule is Cc1ccccc1C1Nc2c(C(=O)NC(C)C)cccc2C2C=CCC21. The number of rotatable bonds is 3. The Balaban J connectivity index is 1.80. The standard InChI is InChI=1S/C23H26N2O/c1-14(2)24-23(26)20-13-7-12-19-17-10-6-11-18(17)21(25-22(19)20)16-9-5-4-8-15(16)3/h4-10,12-14,17-18,21,25H,11H2,1-3H3,(H,24,26). The molecule has 4 rings (SSSR count). The lowest BCUT2D eigenvalue weighted by Crippen LogP contribution is -2.34. The van der Waals surface area contributed by atoms with Crippen LogP contribution < -0.4 is 10.6 Å². The molecule has 2 aromatic carbocycles. The number of nitrogens with one attached hydrogen (secondary N) is 2. The normalized spacial score (nSPS) is 23.3. The number of hydrogen-bond acceptors (Lipinski definition) is 2. The quantitative estimate of drug-likeness (QED) is 0.771. The Hall–Kier alpha value is -2.55. The summed E-state index contributed by atoms with van der Waals surface area (Å²) < 4.78 is 0. The van der Waals surface area contributed by atoms with Gasteiger partial charge in [0.15, 0.2) is 0 Å². The van der Waals surface area contributed by atoms with E-state index in [0.717, 1.165) is 17.7 Å². The van der Waals surface area contributed by atoms with Crippen LogP contribution in [-0.4, -0.2) is 11.9 Å². The fourth-order valence-electron chi connectivity index (χ4n) is 4.39. The number of para-hydroxylation sites is 1. The van der Waals surface area contributed by atoms with Crippen molar-refractivity contribution in [3.05, 3.63) is 76.9 Å². The number of amides is 1. The lowest BCUT2D eigenvalue weighted by atomic mass is 9.75. The molecule has 2 aromatic rings. The Kier molecular flexibility index (Phi) is 4.31. The van der Waals surface area contributed by atoms with Gasteiger partial charge in [-0.05, 0) is 55.9 Å². The van der Waals surface area contributed by atoms with Crippen LogP contribution in [0.25, 0.3) is 0 Å². The van der Waals surface area contributed by atoms with Crippen molar-refractivity contribution in [2.24, 2.45) is 5.92 Å². The smallest absolute Gasteiger partial charge is 0.253 e. The second-order valence-electron chi connectivity index (χ2n) is 7.73. The number of fused-ring (bicyclic) bond motifs is 3. The van der Waals surface area contributed by atoms with E-state index in [9.17, 15) is 4.79 Å². The first kappa shape index (κ1) is 16.9. The van der Waals surface area contributed by atoms with Crippen LogP contribution in [-0.2, 0) is 0 Å². The summed E-state index contributed by atoms with van der Waals surface area (Å²) in [4.78, 5) is 12.8. The molecule has 3 heteroatoms. The van der Waals surface area contributed by atoms with Crippen LogP contribution in [0.4, 0.5) is 5.69 Å². The van der Waals surface area contributed by atoms with Crippen molar-refractivity contribution in [1.82, 2.24) is 5.32 Å². The van der Waals surface area contributed by atoms with Gasteiger partial charge in [0, 0.05) is 12.0 Å². The summed E-state index contributed by atoms with van der Waals surface area (Å²) in [6.45, 7) is 6.15. The Morgan fingerprint density at radius 1 is 1.12 bits per heavy atom. The van der Waals surface area contributed by atoms with Gasteiger partial charge in [-0.2, -0.15) is 0 Å². The van der Waals surface area contributed by atoms with Crippen LogP contribution in [0.3, 0.4) is 0 Å². The van der Waals surface area contributed by atoms with Gasteiger partial charge in [0.05, 0.1) is 17.3 Å². The van der Waals surface area contributed by atoms with E-state index in [2.05, 4.69) is 60.0 Å². The molecule has 0 spiro atoms. The molecule has 3 atom stereocenters. The maximum absolute atomic E-state index is 12.8. The molecule has 0 saturated carbocycles. The van der Waals surface area contributed by atoms with Gasteiger partial charge >= 0.3 is 0 Å². The fourth-order valence-corrected chi connectivity index (χ4v) is 4.39. The monoisotopic (exact) mass is 346 g/mol. The number of allylic oxidation sites excluding steroid dienone is 2. The summed E-state index contributed by atoms with van der Waals surface area (Å²) in [5.74, 6) is 0.850. The highest BCUT2D eigenvalue weighted by atomic mass is 16.1. The molecule has 0 fully saturated rings. The van der Waals surface area contributed by atoms with E-state index in [1.807, 2.05) is 26.0 Å². The van der Waals surface area contributed by atoms with Gasteiger partial charge in [0.25, 0.3) is 5.91 Å². The maximum atomic E-state index is 12.8. The maximum Gasteiger partial charge on any atom is 0.253 e. The first-order valence-corrected chi connectivity index (χ1v) is 9.48. The lowest BCUT2D eigenvalue weighted by Gasteiger charge is -2.39. The third-order valence-corrected chi connectivity index (χ3v) is 5.58. The Morgan fingerprint density at radius 2 is 1.88 bits per heavy atom. The zero-order valence-corrected chi connectivity index (χ0v) is 15.6. The number of hydrogen-bond donors (Lipinski definition) is 2. The summed E-state index contributed by atoms with van der Waals surface area (Å²) in [5, 5.41) is 6.79. The lowest BCUT2D eigenvalue weighted by molar-refractivity contribution is 0.0943. The number of carbonyl (C=O) groups excluding carboxylic acids is 1. The van der Waals surface area contributed by atoms with Crippen molar-refractivity contribution in [2.75, 3.05) is 5.32 Å². The number of anilines is 1. The van der Waals surface area contributed by atoms with E-state index in [1.54, 1.807) is 0 Å². The zero-order valence-electron chi connectivity index (χ0n) is 15.6. The molecule has 1 heterocycles. The summed E-state index contributed by atoms with van der Waals surface area (Å²) in [6, 6.07) is 15.0. The average molecular weight is 346 g/mol. The van der Waals surface area contributed by atoms with Gasteiger partial charge in [0.1, 0.15) is 0 Å². The summed E-state index contributed by atoms with van der Waals surface area (Å²) in [5.41, 5.74) is 5.60. The third kappa shape index (κ3) is 2.82. The molecule has 134 valence electrons. The molecule has 3 nitrogen and oxygen atoms in total. The van der Waals surface area contributed by atoms with Crippen molar-refractivity contribution < 1.29 is 4.79 Å². The molecule has 1 aliphatic carbocycles. The second kappa shape index (κ2) is 6.64. The molecule has 2 aliphatic rings. The minimum atomic E-state index is -0.00619. The van der Waals surface area contributed by atoms with E-state index in [-0.39, 0.29) is 18.0 Å². The van der Waals surface area contributed by atoms with Gasteiger partial charge in [-0.1, -0.05) is 48.6 Å². The summed E-state index contributed by atoms with van der Waals surface area (Å²) >= 11 is 0. The van der Waals surface area contributed by atoms with Gasteiger partial charge in [-0.3, -0.25) is 4.79 Å². The molecule has 0 bridgehead atoms. The average Bonchev–Trinajstić information content (AvgIpc) is 3.10. The number of aryl methyl sites for hydroxylation is 1. The first-order valence-electron chi connectivity index (χ1n) is 9.48. The molecule has 1 amide bonds. The van der Waals surface area contributed by atoms with Crippen LogP contribution in [0.1, 0.15) is 59.3 Å². The van der Waals surface area contributed by atoms with E-state index in [0.29, 0.717) is 11.8 Å².